The molecule has 0 amide bonds. The third kappa shape index (κ3) is 3.34. The number of carbonyl (C=O) groups is 2. The Labute approximate surface area is 113 Å². The van der Waals surface area contributed by atoms with E-state index in [0.717, 1.165) is 5.56 Å². The first-order valence-corrected chi connectivity index (χ1v) is 6.18. The third-order valence-corrected chi connectivity index (χ3v) is 3.65. The monoisotopic (exact) mass is 264 g/mol. The SMILES string of the molecule is CC(C)(C)C(CC(=O)O)(Cc1ccccc1)C(=O)O. The number of carboxylic acid groups (broad SMARTS) is 2. The van der Waals surface area contributed by atoms with E-state index in [4.69, 9.17) is 5.11 Å². The summed E-state index contributed by atoms with van der Waals surface area (Å²) in [6.07, 6.45) is -0.181. The normalized spacial score (nSPS) is 14.7. The zero-order valence-electron chi connectivity index (χ0n) is 11.5. The topological polar surface area (TPSA) is 74.6 Å². The van der Waals surface area contributed by atoms with E-state index in [0.29, 0.717) is 0 Å². The summed E-state index contributed by atoms with van der Waals surface area (Å²) < 4.78 is 0. The lowest BCUT2D eigenvalue weighted by Gasteiger charge is -2.40. The van der Waals surface area contributed by atoms with Gasteiger partial charge in [-0.1, -0.05) is 51.1 Å². The van der Waals surface area contributed by atoms with Gasteiger partial charge in [0.25, 0.3) is 0 Å². The summed E-state index contributed by atoms with van der Waals surface area (Å²) >= 11 is 0. The van der Waals surface area contributed by atoms with Crippen LogP contribution in [0.3, 0.4) is 0 Å². The summed E-state index contributed by atoms with van der Waals surface area (Å²) in [5, 5.41) is 18.7. The average Bonchev–Trinajstić information content (AvgIpc) is 2.27. The second kappa shape index (κ2) is 5.43. The summed E-state index contributed by atoms with van der Waals surface area (Å²) in [4.78, 5) is 22.8. The molecule has 4 heteroatoms. The Morgan fingerprint density at radius 3 is 1.95 bits per heavy atom. The molecule has 1 rings (SSSR count). The molecule has 0 heterocycles. The van der Waals surface area contributed by atoms with Crippen LogP contribution < -0.4 is 0 Å². The van der Waals surface area contributed by atoms with Crippen LogP contribution in [0.2, 0.25) is 0 Å². The fourth-order valence-electron chi connectivity index (χ4n) is 2.27. The van der Waals surface area contributed by atoms with Gasteiger partial charge in [-0.3, -0.25) is 9.59 Å². The highest BCUT2D eigenvalue weighted by Gasteiger charge is 2.50. The van der Waals surface area contributed by atoms with E-state index < -0.39 is 22.8 Å². The van der Waals surface area contributed by atoms with Crippen molar-refractivity contribution in [1.29, 1.82) is 0 Å². The highest BCUT2D eigenvalue weighted by molar-refractivity contribution is 5.82. The largest absolute Gasteiger partial charge is 0.481 e. The van der Waals surface area contributed by atoms with E-state index >= 15 is 0 Å². The van der Waals surface area contributed by atoms with Crippen LogP contribution in [0, 0.1) is 10.8 Å². The van der Waals surface area contributed by atoms with Crippen LogP contribution in [0.5, 0.6) is 0 Å². The lowest BCUT2D eigenvalue weighted by atomic mass is 9.61. The Morgan fingerprint density at radius 2 is 1.58 bits per heavy atom. The molecular weight excluding hydrogens is 244 g/mol. The van der Waals surface area contributed by atoms with E-state index in [1.807, 2.05) is 30.3 Å². The molecule has 0 radical (unpaired) electrons. The quantitative estimate of drug-likeness (QED) is 0.857. The van der Waals surface area contributed by atoms with Crippen molar-refractivity contribution in [2.75, 3.05) is 0 Å². The Kier molecular flexibility index (Phi) is 4.35. The summed E-state index contributed by atoms with van der Waals surface area (Å²) in [6, 6.07) is 9.15. The van der Waals surface area contributed by atoms with Crippen LogP contribution >= 0.6 is 0 Å². The molecule has 19 heavy (non-hydrogen) atoms. The minimum absolute atomic E-state index is 0.207. The minimum atomic E-state index is -1.32. The molecule has 4 nitrogen and oxygen atoms in total. The lowest BCUT2D eigenvalue weighted by Crippen LogP contribution is -2.46. The van der Waals surface area contributed by atoms with Gasteiger partial charge in [0.2, 0.25) is 0 Å². The third-order valence-electron chi connectivity index (χ3n) is 3.65. The van der Waals surface area contributed by atoms with Crippen molar-refractivity contribution < 1.29 is 19.8 Å². The zero-order valence-corrected chi connectivity index (χ0v) is 11.5. The molecule has 104 valence electrons. The molecule has 1 aromatic carbocycles. The summed E-state index contributed by atoms with van der Waals surface area (Å²) in [6.45, 7) is 5.31. The molecule has 1 unspecified atom stereocenters. The molecule has 0 fully saturated rings. The molecule has 0 bridgehead atoms. The van der Waals surface area contributed by atoms with Crippen LogP contribution in [0.1, 0.15) is 32.8 Å². The molecule has 1 atom stereocenters. The molecule has 1 aromatic rings. The summed E-state index contributed by atoms with van der Waals surface area (Å²) in [5.41, 5.74) is -1.14. The van der Waals surface area contributed by atoms with Crippen molar-refractivity contribution in [3.05, 3.63) is 35.9 Å². The number of benzene rings is 1. The Morgan fingerprint density at radius 1 is 1.05 bits per heavy atom. The van der Waals surface area contributed by atoms with Gasteiger partial charge in [0.1, 0.15) is 0 Å². The van der Waals surface area contributed by atoms with E-state index in [-0.39, 0.29) is 12.8 Å². The van der Waals surface area contributed by atoms with Gasteiger partial charge in [-0.15, -0.1) is 0 Å². The summed E-state index contributed by atoms with van der Waals surface area (Å²) in [5.74, 6) is -2.15. The number of rotatable bonds is 5. The maximum Gasteiger partial charge on any atom is 0.311 e. The maximum atomic E-state index is 11.7. The number of aliphatic carboxylic acids is 2. The first-order chi connectivity index (χ1) is 8.69. The highest BCUT2D eigenvalue weighted by Crippen LogP contribution is 2.44. The van der Waals surface area contributed by atoms with Crippen LogP contribution in [-0.4, -0.2) is 22.2 Å². The van der Waals surface area contributed by atoms with Gasteiger partial charge in [-0.05, 0) is 17.4 Å². The Bertz CT molecular complexity index is 459. The standard InChI is InChI=1S/C15H20O4/c1-14(2,3)15(13(18)19,10-12(16)17)9-11-7-5-4-6-8-11/h4-8H,9-10H2,1-3H3,(H,16,17)(H,18,19). The Balaban J connectivity index is 3.24. The molecule has 2 N–H and O–H groups in total. The van der Waals surface area contributed by atoms with Gasteiger partial charge in [0.15, 0.2) is 0 Å². The molecule has 0 saturated carbocycles. The summed E-state index contributed by atoms with van der Waals surface area (Å²) in [7, 11) is 0. The van der Waals surface area contributed by atoms with Crippen molar-refractivity contribution in [2.45, 2.75) is 33.6 Å². The van der Waals surface area contributed by atoms with Crippen molar-refractivity contribution in [3.63, 3.8) is 0 Å². The maximum absolute atomic E-state index is 11.7. The predicted molar refractivity (Wildman–Crippen MR) is 71.9 cm³/mol. The first kappa shape index (κ1) is 15.2. The second-order valence-electron chi connectivity index (χ2n) is 5.87. The molecule has 0 aliphatic heterocycles. The van der Waals surface area contributed by atoms with E-state index in [1.54, 1.807) is 20.8 Å². The zero-order chi connectivity index (χ0) is 14.7. The molecular formula is C15H20O4. The lowest BCUT2D eigenvalue weighted by molar-refractivity contribution is -0.163. The van der Waals surface area contributed by atoms with E-state index in [1.165, 1.54) is 0 Å². The molecule has 0 saturated heterocycles. The number of hydrogen-bond donors (Lipinski definition) is 2. The van der Waals surface area contributed by atoms with Gasteiger partial charge < -0.3 is 10.2 Å². The molecule has 0 aromatic heterocycles. The predicted octanol–water partition coefficient (Wildman–Crippen LogP) is 2.82. The molecule has 0 aliphatic carbocycles. The Hall–Kier alpha value is -1.84. The molecule has 0 aliphatic rings. The minimum Gasteiger partial charge on any atom is -0.481 e. The van der Waals surface area contributed by atoms with E-state index in [2.05, 4.69) is 0 Å². The van der Waals surface area contributed by atoms with Crippen molar-refractivity contribution in [2.24, 2.45) is 10.8 Å². The van der Waals surface area contributed by atoms with Gasteiger partial charge in [-0.2, -0.15) is 0 Å². The van der Waals surface area contributed by atoms with Crippen LogP contribution in [0.15, 0.2) is 30.3 Å². The fourth-order valence-corrected chi connectivity index (χ4v) is 2.27. The molecule has 0 spiro atoms. The van der Waals surface area contributed by atoms with Crippen molar-refractivity contribution in [1.82, 2.24) is 0 Å². The second-order valence-corrected chi connectivity index (χ2v) is 5.87. The van der Waals surface area contributed by atoms with Crippen LogP contribution in [0.4, 0.5) is 0 Å². The van der Waals surface area contributed by atoms with Crippen molar-refractivity contribution >= 4 is 11.9 Å². The van der Waals surface area contributed by atoms with Crippen molar-refractivity contribution in [3.8, 4) is 0 Å². The van der Waals surface area contributed by atoms with Gasteiger partial charge in [-0.25, -0.2) is 0 Å². The smallest absolute Gasteiger partial charge is 0.311 e. The average molecular weight is 264 g/mol. The van der Waals surface area contributed by atoms with E-state index in [9.17, 15) is 14.7 Å². The van der Waals surface area contributed by atoms with Crippen LogP contribution in [-0.2, 0) is 16.0 Å². The first-order valence-electron chi connectivity index (χ1n) is 6.18. The van der Waals surface area contributed by atoms with Gasteiger partial charge >= 0.3 is 11.9 Å². The number of hydrogen-bond acceptors (Lipinski definition) is 2. The van der Waals surface area contributed by atoms with Crippen LogP contribution in [0.25, 0.3) is 0 Å². The van der Waals surface area contributed by atoms with Gasteiger partial charge in [0.05, 0.1) is 11.8 Å². The van der Waals surface area contributed by atoms with Gasteiger partial charge in [0, 0.05) is 0 Å². The fraction of sp³-hybridized carbons (Fsp3) is 0.467. The number of carboxylic acids is 2. The highest BCUT2D eigenvalue weighted by atomic mass is 16.4.